The van der Waals surface area contributed by atoms with Crippen LogP contribution in [0.25, 0.3) is 0 Å². The van der Waals surface area contributed by atoms with Crippen LogP contribution in [0.1, 0.15) is 19.8 Å². The summed E-state index contributed by atoms with van der Waals surface area (Å²) in [4.78, 5) is 22.0. The van der Waals surface area contributed by atoms with Crippen LogP contribution in [-0.2, 0) is 14.3 Å². The summed E-state index contributed by atoms with van der Waals surface area (Å²) in [5.74, 6) is -0.245. The number of amides is 1. The van der Waals surface area contributed by atoms with Gasteiger partial charge in [-0.15, -0.1) is 10.2 Å². The van der Waals surface area contributed by atoms with Gasteiger partial charge < -0.3 is 10.5 Å². The summed E-state index contributed by atoms with van der Waals surface area (Å²) < 4.78 is 6.37. The third-order valence-corrected chi connectivity index (χ3v) is 4.99. The lowest BCUT2D eigenvalue weighted by atomic mass is 10.4. The number of hydrogen-bond donors (Lipinski definition) is 1. The van der Waals surface area contributed by atoms with E-state index in [9.17, 15) is 9.59 Å². The Morgan fingerprint density at radius 3 is 2.47 bits per heavy atom. The van der Waals surface area contributed by atoms with Gasteiger partial charge in [-0.25, -0.2) is 0 Å². The lowest BCUT2D eigenvalue weighted by Gasteiger charge is -2.01. The minimum atomic E-state index is -0.395. The van der Waals surface area contributed by atoms with Crippen LogP contribution in [0.4, 0.5) is 0 Å². The van der Waals surface area contributed by atoms with Crippen LogP contribution in [0.2, 0.25) is 0 Å². The number of nitrogens with two attached hydrogens (primary N) is 1. The Bertz CT molecular complexity index is 425. The number of hydrogen-bond acceptors (Lipinski definition) is 8. The summed E-state index contributed by atoms with van der Waals surface area (Å²) in [6.07, 6.45) is 1.88. The van der Waals surface area contributed by atoms with Crippen LogP contribution < -0.4 is 5.73 Å². The highest BCUT2D eigenvalue weighted by atomic mass is 32.2. The van der Waals surface area contributed by atoms with Gasteiger partial charge in [-0.05, 0) is 6.42 Å². The molecule has 0 fully saturated rings. The van der Waals surface area contributed by atoms with E-state index in [1.165, 1.54) is 34.9 Å². The molecular formula is C10H15N3O3S3. The summed E-state index contributed by atoms with van der Waals surface area (Å²) in [7, 11) is 0. The van der Waals surface area contributed by atoms with Crippen molar-refractivity contribution in [3.05, 3.63) is 0 Å². The Balaban J connectivity index is 2.25. The maximum absolute atomic E-state index is 11.4. The number of unbranched alkanes of at least 4 members (excludes halogenated alkanes) is 1. The van der Waals surface area contributed by atoms with Crippen molar-refractivity contribution in [1.29, 1.82) is 0 Å². The first-order valence-corrected chi connectivity index (χ1v) is 8.43. The van der Waals surface area contributed by atoms with Gasteiger partial charge in [-0.3, -0.25) is 9.59 Å². The molecular weight excluding hydrogens is 306 g/mol. The topological polar surface area (TPSA) is 95.2 Å². The lowest BCUT2D eigenvalue weighted by Crippen LogP contribution is -2.12. The van der Waals surface area contributed by atoms with E-state index in [2.05, 4.69) is 10.2 Å². The van der Waals surface area contributed by atoms with E-state index >= 15 is 0 Å². The highest BCUT2D eigenvalue weighted by Crippen LogP contribution is 2.28. The standard InChI is InChI=1S/C10H15N3O3S3/c1-2-3-4-16-8(15)6-18-10-13-12-9(19-10)17-5-7(11)14/h2-6H2,1H3,(H2,11,14). The third kappa shape index (κ3) is 7.38. The van der Waals surface area contributed by atoms with E-state index in [0.717, 1.165) is 12.8 Å². The number of carbonyl (C=O) groups excluding carboxylic acids is 2. The molecule has 0 atom stereocenters. The number of ether oxygens (including phenoxy) is 1. The molecule has 0 unspecified atom stereocenters. The minimum Gasteiger partial charge on any atom is -0.465 e. The number of carbonyl (C=O) groups is 2. The van der Waals surface area contributed by atoms with Crippen LogP contribution in [-0.4, -0.2) is 40.2 Å². The Morgan fingerprint density at radius 1 is 1.26 bits per heavy atom. The second kappa shape index (κ2) is 9.16. The molecule has 6 nitrogen and oxygen atoms in total. The molecule has 0 bridgehead atoms. The van der Waals surface area contributed by atoms with E-state index in [1.54, 1.807) is 0 Å². The zero-order valence-corrected chi connectivity index (χ0v) is 12.9. The highest BCUT2D eigenvalue weighted by molar-refractivity contribution is 8.03. The van der Waals surface area contributed by atoms with Gasteiger partial charge in [0.25, 0.3) is 0 Å². The van der Waals surface area contributed by atoms with Gasteiger partial charge >= 0.3 is 5.97 Å². The van der Waals surface area contributed by atoms with Crippen molar-refractivity contribution in [2.75, 3.05) is 18.1 Å². The fraction of sp³-hybridized carbons (Fsp3) is 0.600. The minimum absolute atomic E-state index is 0.179. The van der Waals surface area contributed by atoms with Crippen molar-refractivity contribution in [2.24, 2.45) is 5.73 Å². The number of thioether (sulfide) groups is 2. The first-order chi connectivity index (χ1) is 9.11. The Labute approximate surface area is 123 Å². The molecule has 0 radical (unpaired) electrons. The van der Waals surface area contributed by atoms with E-state index in [0.29, 0.717) is 15.3 Å². The smallest absolute Gasteiger partial charge is 0.316 e. The van der Waals surface area contributed by atoms with Crippen molar-refractivity contribution in [3.8, 4) is 0 Å². The van der Waals surface area contributed by atoms with Gasteiger partial charge in [0.1, 0.15) is 0 Å². The van der Waals surface area contributed by atoms with Crippen LogP contribution in [0, 0.1) is 0 Å². The average molecular weight is 321 g/mol. The predicted octanol–water partition coefficient (Wildman–Crippen LogP) is 1.55. The lowest BCUT2D eigenvalue weighted by molar-refractivity contribution is -0.140. The normalized spacial score (nSPS) is 10.4. The summed E-state index contributed by atoms with van der Waals surface area (Å²) in [6, 6.07) is 0. The van der Waals surface area contributed by atoms with Crippen molar-refractivity contribution in [1.82, 2.24) is 10.2 Å². The Kier molecular flexibility index (Phi) is 7.84. The van der Waals surface area contributed by atoms with Gasteiger partial charge in [0.15, 0.2) is 8.68 Å². The summed E-state index contributed by atoms with van der Waals surface area (Å²) in [5, 5.41) is 7.81. The van der Waals surface area contributed by atoms with Gasteiger partial charge in [0, 0.05) is 0 Å². The van der Waals surface area contributed by atoms with Crippen molar-refractivity contribution < 1.29 is 14.3 Å². The molecule has 0 saturated heterocycles. The van der Waals surface area contributed by atoms with Gasteiger partial charge in [0.2, 0.25) is 5.91 Å². The van der Waals surface area contributed by atoms with E-state index in [4.69, 9.17) is 10.5 Å². The maximum Gasteiger partial charge on any atom is 0.316 e. The monoisotopic (exact) mass is 321 g/mol. The molecule has 19 heavy (non-hydrogen) atoms. The fourth-order valence-electron chi connectivity index (χ4n) is 0.939. The summed E-state index contributed by atoms with van der Waals surface area (Å²) >= 11 is 3.86. The quantitative estimate of drug-likeness (QED) is 0.419. The molecule has 0 aliphatic heterocycles. The number of nitrogens with zero attached hydrogens (tertiary/aromatic N) is 2. The predicted molar refractivity (Wildman–Crippen MR) is 76.4 cm³/mol. The first-order valence-electron chi connectivity index (χ1n) is 5.64. The first kappa shape index (κ1) is 16.3. The maximum atomic E-state index is 11.4. The molecule has 9 heteroatoms. The molecule has 1 aromatic rings. The molecule has 106 valence electrons. The molecule has 0 saturated carbocycles. The summed E-state index contributed by atoms with van der Waals surface area (Å²) in [6.45, 7) is 2.50. The highest BCUT2D eigenvalue weighted by Gasteiger charge is 2.10. The molecule has 0 aliphatic rings. The fourth-order valence-corrected chi connectivity index (χ4v) is 3.50. The van der Waals surface area contributed by atoms with Crippen LogP contribution >= 0.6 is 34.9 Å². The van der Waals surface area contributed by atoms with E-state index in [1.807, 2.05) is 6.92 Å². The van der Waals surface area contributed by atoms with Crippen LogP contribution in [0.3, 0.4) is 0 Å². The molecule has 1 heterocycles. The zero-order chi connectivity index (χ0) is 14.1. The van der Waals surface area contributed by atoms with Crippen molar-refractivity contribution in [2.45, 2.75) is 28.4 Å². The second-order valence-corrected chi connectivity index (χ2v) is 6.87. The number of primary amides is 1. The van der Waals surface area contributed by atoms with Crippen LogP contribution in [0.15, 0.2) is 8.68 Å². The number of rotatable bonds is 9. The average Bonchev–Trinajstić information content (AvgIpc) is 2.82. The van der Waals surface area contributed by atoms with Crippen molar-refractivity contribution in [3.63, 3.8) is 0 Å². The number of aromatic nitrogens is 2. The Morgan fingerprint density at radius 2 is 1.89 bits per heavy atom. The number of esters is 1. The second-order valence-electron chi connectivity index (χ2n) is 3.45. The third-order valence-electron chi connectivity index (χ3n) is 1.80. The van der Waals surface area contributed by atoms with Crippen LogP contribution in [0.5, 0.6) is 0 Å². The molecule has 1 aromatic heterocycles. The molecule has 0 aliphatic carbocycles. The SMILES string of the molecule is CCCCOC(=O)CSc1nnc(SCC(N)=O)s1. The molecule has 0 aromatic carbocycles. The summed E-state index contributed by atoms with van der Waals surface area (Å²) in [5.41, 5.74) is 5.03. The van der Waals surface area contributed by atoms with E-state index in [-0.39, 0.29) is 17.5 Å². The largest absolute Gasteiger partial charge is 0.465 e. The van der Waals surface area contributed by atoms with Gasteiger partial charge in [-0.2, -0.15) is 0 Å². The zero-order valence-electron chi connectivity index (χ0n) is 10.5. The molecule has 0 spiro atoms. The molecule has 1 amide bonds. The van der Waals surface area contributed by atoms with Gasteiger partial charge in [-0.1, -0.05) is 48.2 Å². The van der Waals surface area contributed by atoms with E-state index < -0.39 is 5.91 Å². The molecule has 2 N–H and O–H groups in total. The Hall–Kier alpha value is -0.800. The van der Waals surface area contributed by atoms with Crippen molar-refractivity contribution >= 4 is 46.7 Å². The molecule has 1 rings (SSSR count). The van der Waals surface area contributed by atoms with Gasteiger partial charge in [0.05, 0.1) is 18.1 Å².